The monoisotopic (exact) mass is 342 g/mol. The summed E-state index contributed by atoms with van der Waals surface area (Å²) in [6, 6.07) is 7.57. The van der Waals surface area contributed by atoms with E-state index in [1.165, 1.54) is 13.3 Å². The number of ether oxygens (including phenoxy) is 2. The van der Waals surface area contributed by atoms with Gasteiger partial charge in [-0.05, 0) is 43.5 Å². The van der Waals surface area contributed by atoms with Crippen LogP contribution in [0.2, 0.25) is 0 Å². The first-order chi connectivity index (χ1) is 12.1. The highest BCUT2D eigenvalue weighted by atomic mass is 16.5. The minimum absolute atomic E-state index is 0.102. The number of carbonyl (C=O) groups is 1. The van der Waals surface area contributed by atoms with Crippen LogP contribution in [0, 0.1) is 5.41 Å². The average molecular weight is 342 g/mol. The highest BCUT2D eigenvalue weighted by Crippen LogP contribution is 2.20. The predicted molar refractivity (Wildman–Crippen MR) is 94.5 cm³/mol. The number of nitrogens with zero attached hydrogens (tertiary/aromatic N) is 2. The van der Waals surface area contributed by atoms with Crippen molar-refractivity contribution in [3.8, 4) is 17.0 Å². The second-order valence-corrected chi connectivity index (χ2v) is 5.46. The topological polar surface area (TPSA) is 111 Å². The van der Waals surface area contributed by atoms with Crippen LogP contribution < -0.4 is 10.5 Å². The summed E-state index contributed by atoms with van der Waals surface area (Å²) in [5.74, 6) is 0.510. The molecule has 0 fully saturated rings. The van der Waals surface area contributed by atoms with E-state index >= 15 is 0 Å². The van der Waals surface area contributed by atoms with Gasteiger partial charge in [-0.15, -0.1) is 0 Å². The van der Waals surface area contributed by atoms with Gasteiger partial charge in [0.2, 0.25) is 0 Å². The number of methoxy groups -OCH3 is 1. The molecule has 0 unspecified atom stereocenters. The fourth-order valence-electron chi connectivity index (χ4n) is 2.18. The molecule has 1 aromatic carbocycles. The van der Waals surface area contributed by atoms with Gasteiger partial charge in [0.25, 0.3) is 0 Å². The van der Waals surface area contributed by atoms with Crippen molar-refractivity contribution in [1.29, 1.82) is 5.41 Å². The van der Waals surface area contributed by atoms with E-state index < -0.39 is 0 Å². The maximum absolute atomic E-state index is 11.0. The molecule has 0 aliphatic heterocycles. The highest BCUT2D eigenvalue weighted by molar-refractivity contribution is 5.92. The van der Waals surface area contributed by atoms with Crippen LogP contribution in [0.5, 0.6) is 5.75 Å². The van der Waals surface area contributed by atoms with Gasteiger partial charge in [-0.3, -0.25) is 15.2 Å². The zero-order chi connectivity index (χ0) is 18.1. The van der Waals surface area contributed by atoms with Crippen LogP contribution in [0.15, 0.2) is 36.7 Å². The molecule has 0 atom stereocenters. The third-order valence-electron chi connectivity index (χ3n) is 3.60. The molecule has 0 saturated carbocycles. The van der Waals surface area contributed by atoms with Crippen LogP contribution in [0.25, 0.3) is 11.3 Å². The van der Waals surface area contributed by atoms with E-state index in [4.69, 9.17) is 15.9 Å². The Labute approximate surface area is 146 Å². The van der Waals surface area contributed by atoms with E-state index in [-0.39, 0.29) is 11.8 Å². The summed E-state index contributed by atoms with van der Waals surface area (Å²) in [5.41, 5.74) is 7.34. The average Bonchev–Trinajstić information content (AvgIpc) is 2.65. The second kappa shape index (κ2) is 9.36. The Kier molecular flexibility index (Phi) is 6.88. The van der Waals surface area contributed by atoms with Gasteiger partial charge in [-0.1, -0.05) is 0 Å². The number of esters is 1. The molecule has 1 heterocycles. The van der Waals surface area contributed by atoms with Gasteiger partial charge in [0.15, 0.2) is 0 Å². The molecule has 25 heavy (non-hydrogen) atoms. The normalized spacial score (nSPS) is 10.3. The van der Waals surface area contributed by atoms with Crippen molar-refractivity contribution in [1.82, 2.24) is 9.97 Å². The van der Waals surface area contributed by atoms with E-state index in [0.717, 1.165) is 30.6 Å². The van der Waals surface area contributed by atoms with Crippen LogP contribution in [0.4, 0.5) is 0 Å². The van der Waals surface area contributed by atoms with E-state index in [9.17, 15) is 4.79 Å². The number of carbonyl (C=O) groups excluding carboxylic acids is 1. The molecule has 0 aliphatic rings. The molecule has 2 rings (SSSR count). The van der Waals surface area contributed by atoms with Gasteiger partial charge >= 0.3 is 5.97 Å². The minimum atomic E-state index is -0.170. The summed E-state index contributed by atoms with van der Waals surface area (Å²) in [6.07, 6.45) is 6.14. The Morgan fingerprint density at radius 1 is 1.12 bits per heavy atom. The van der Waals surface area contributed by atoms with Gasteiger partial charge < -0.3 is 15.2 Å². The molecule has 0 spiro atoms. The fourth-order valence-corrected chi connectivity index (χ4v) is 2.18. The van der Waals surface area contributed by atoms with E-state index in [1.54, 1.807) is 6.20 Å². The summed E-state index contributed by atoms with van der Waals surface area (Å²) < 4.78 is 10.3. The molecule has 1 aromatic heterocycles. The van der Waals surface area contributed by atoms with Crippen molar-refractivity contribution in [2.24, 2.45) is 5.73 Å². The smallest absolute Gasteiger partial charge is 0.305 e. The van der Waals surface area contributed by atoms with Crippen LogP contribution in [-0.4, -0.2) is 35.5 Å². The number of benzene rings is 1. The Balaban J connectivity index is 1.78. The summed E-state index contributed by atoms with van der Waals surface area (Å²) in [5, 5.41) is 7.31. The van der Waals surface area contributed by atoms with Crippen LogP contribution in [0.3, 0.4) is 0 Å². The first-order valence-electron chi connectivity index (χ1n) is 8.06. The van der Waals surface area contributed by atoms with Gasteiger partial charge in [-0.2, -0.15) is 0 Å². The summed E-state index contributed by atoms with van der Waals surface area (Å²) in [6.45, 7) is 0.605. The Bertz CT molecular complexity index is 699. The highest BCUT2D eigenvalue weighted by Gasteiger charge is 2.04. The van der Waals surface area contributed by atoms with Crippen molar-refractivity contribution >= 4 is 11.8 Å². The van der Waals surface area contributed by atoms with Crippen molar-refractivity contribution in [3.63, 3.8) is 0 Å². The largest absolute Gasteiger partial charge is 0.494 e. The SMILES string of the molecule is COC(=O)CCCCCOc1ccc(-c2cnc(C(=N)N)cn2)cc1. The van der Waals surface area contributed by atoms with Gasteiger partial charge in [-0.25, -0.2) is 4.98 Å². The molecule has 2 aromatic rings. The van der Waals surface area contributed by atoms with Gasteiger partial charge in [0, 0.05) is 12.0 Å². The molecule has 0 saturated heterocycles. The maximum Gasteiger partial charge on any atom is 0.305 e. The first-order valence-corrected chi connectivity index (χ1v) is 8.06. The van der Waals surface area contributed by atoms with Crippen molar-refractivity contribution in [2.75, 3.05) is 13.7 Å². The molecule has 0 amide bonds. The number of nitrogens with two attached hydrogens (primary N) is 1. The third kappa shape index (κ3) is 5.87. The van der Waals surface area contributed by atoms with Crippen LogP contribution in [-0.2, 0) is 9.53 Å². The number of unbranched alkanes of at least 4 members (excludes halogenated alkanes) is 2. The number of rotatable bonds is 9. The molecular formula is C18H22N4O3. The lowest BCUT2D eigenvalue weighted by Gasteiger charge is -2.07. The van der Waals surface area contributed by atoms with Crippen LogP contribution in [0.1, 0.15) is 31.4 Å². The summed E-state index contributed by atoms with van der Waals surface area (Å²) in [7, 11) is 1.40. The van der Waals surface area contributed by atoms with Crippen molar-refractivity contribution in [3.05, 3.63) is 42.4 Å². The van der Waals surface area contributed by atoms with Crippen molar-refractivity contribution < 1.29 is 14.3 Å². The number of nitrogen functional groups attached to an aromatic ring is 1. The lowest BCUT2D eigenvalue weighted by atomic mass is 10.1. The van der Waals surface area contributed by atoms with Crippen molar-refractivity contribution in [2.45, 2.75) is 25.7 Å². The number of aromatic nitrogens is 2. The fraction of sp³-hybridized carbons (Fsp3) is 0.333. The van der Waals surface area contributed by atoms with E-state index in [1.807, 2.05) is 24.3 Å². The maximum atomic E-state index is 11.0. The molecule has 7 nitrogen and oxygen atoms in total. The quantitative estimate of drug-likeness (QED) is 0.313. The standard InChI is InChI=1S/C18H22N4O3/c1-24-17(23)5-3-2-4-10-25-14-8-6-13(7-9-14)15-11-22-16(12-21-15)18(19)20/h6-9,11-12H,2-5,10H2,1H3,(H3,19,20). The second-order valence-electron chi connectivity index (χ2n) is 5.46. The third-order valence-corrected chi connectivity index (χ3v) is 3.60. The Morgan fingerprint density at radius 2 is 1.88 bits per heavy atom. The molecule has 0 aliphatic carbocycles. The number of nitrogens with one attached hydrogen (secondary N) is 1. The molecule has 0 radical (unpaired) electrons. The summed E-state index contributed by atoms with van der Waals surface area (Å²) in [4.78, 5) is 19.3. The number of hydrogen-bond acceptors (Lipinski definition) is 6. The Hall–Kier alpha value is -2.96. The molecule has 132 valence electrons. The first kappa shape index (κ1) is 18.4. The minimum Gasteiger partial charge on any atom is -0.494 e. The lowest BCUT2D eigenvalue weighted by Crippen LogP contribution is -2.13. The number of amidine groups is 1. The predicted octanol–water partition coefficient (Wildman–Crippen LogP) is 2.54. The lowest BCUT2D eigenvalue weighted by molar-refractivity contribution is -0.140. The zero-order valence-electron chi connectivity index (χ0n) is 14.2. The molecular weight excluding hydrogens is 320 g/mol. The van der Waals surface area contributed by atoms with E-state index in [0.29, 0.717) is 24.4 Å². The Morgan fingerprint density at radius 3 is 2.48 bits per heavy atom. The van der Waals surface area contributed by atoms with Gasteiger partial charge in [0.05, 0.1) is 31.8 Å². The van der Waals surface area contributed by atoms with Gasteiger partial charge in [0.1, 0.15) is 17.3 Å². The molecule has 0 bridgehead atoms. The molecule has 7 heteroatoms. The number of hydrogen-bond donors (Lipinski definition) is 2. The van der Waals surface area contributed by atoms with E-state index in [2.05, 4.69) is 14.7 Å². The molecule has 3 N–H and O–H groups in total. The summed E-state index contributed by atoms with van der Waals surface area (Å²) >= 11 is 0. The zero-order valence-corrected chi connectivity index (χ0v) is 14.2. The van der Waals surface area contributed by atoms with Crippen LogP contribution >= 0.6 is 0 Å².